The highest BCUT2D eigenvalue weighted by atomic mass is 16.2. The van der Waals surface area contributed by atoms with Crippen LogP contribution in [0.15, 0.2) is 12.1 Å². The normalized spacial score (nSPS) is 21.0. The summed E-state index contributed by atoms with van der Waals surface area (Å²) in [5, 5.41) is 0. The van der Waals surface area contributed by atoms with Gasteiger partial charge in [0.25, 0.3) is 0 Å². The Balaban J connectivity index is 2.21. The molecule has 18 heavy (non-hydrogen) atoms. The first-order chi connectivity index (χ1) is 8.43. The monoisotopic (exact) mass is 249 g/mol. The van der Waals surface area contributed by atoms with Crippen molar-refractivity contribution in [3.63, 3.8) is 0 Å². The molecule has 1 aliphatic heterocycles. The highest BCUT2D eigenvalue weighted by molar-refractivity contribution is 5.82. The summed E-state index contributed by atoms with van der Waals surface area (Å²) < 4.78 is 2.29. The van der Waals surface area contributed by atoms with E-state index in [0.717, 1.165) is 13.1 Å². The number of carbonyl (C=O) groups excluding carboxylic acids is 1. The maximum Gasteiger partial charge on any atom is 0.240 e. The molecule has 1 aromatic rings. The number of carbonyl (C=O) groups is 1. The highest BCUT2D eigenvalue weighted by Crippen LogP contribution is 2.27. The zero-order valence-electron chi connectivity index (χ0n) is 11.7. The minimum Gasteiger partial charge on any atom is -0.345 e. The molecule has 100 valence electrons. The van der Waals surface area contributed by atoms with Crippen molar-refractivity contribution in [2.24, 2.45) is 11.7 Å². The first kappa shape index (κ1) is 13.1. The number of fused-ring (bicyclic) bond motifs is 1. The molecule has 2 atom stereocenters. The Hall–Kier alpha value is -1.29. The maximum absolute atomic E-state index is 12.4. The van der Waals surface area contributed by atoms with Crippen LogP contribution in [0.3, 0.4) is 0 Å². The van der Waals surface area contributed by atoms with Gasteiger partial charge in [-0.2, -0.15) is 0 Å². The number of rotatable bonds is 2. The standard InChI is InChI=1S/C14H23N3O/c1-9(2)13(15)14(18)17-8-7-16-10(3)5-6-12(16)11(17)4/h5-6,9,11,13H,7-8,15H2,1-4H3. The fourth-order valence-corrected chi connectivity index (χ4v) is 2.60. The lowest BCUT2D eigenvalue weighted by atomic mass is 10.0. The van der Waals surface area contributed by atoms with E-state index in [1.54, 1.807) is 0 Å². The van der Waals surface area contributed by atoms with Crippen LogP contribution in [0.1, 0.15) is 38.2 Å². The quantitative estimate of drug-likeness (QED) is 0.867. The van der Waals surface area contributed by atoms with Crippen molar-refractivity contribution < 1.29 is 4.79 Å². The minimum absolute atomic E-state index is 0.0719. The largest absolute Gasteiger partial charge is 0.345 e. The summed E-state index contributed by atoms with van der Waals surface area (Å²) in [6.07, 6.45) is 0. The molecule has 1 aliphatic rings. The first-order valence-corrected chi connectivity index (χ1v) is 6.65. The van der Waals surface area contributed by atoms with Crippen molar-refractivity contribution in [3.05, 3.63) is 23.5 Å². The van der Waals surface area contributed by atoms with Gasteiger partial charge in [0, 0.05) is 24.5 Å². The molecule has 0 aromatic carbocycles. The number of nitrogens with two attached hydrogens (primary N) is 1. The summed E-state index contributed by atoms with van der Waals surface area (Å²) >= 11 is 0. The molecule has 0 aliphatic carbocycles. The molecule has 0 saturated carbocycles. The van der Waals surface area contributed by atoms with E-state index < -0.39 is 6.04 Å². The molecule has 1 amide bonds. The van der Waals surface area contributed by atoms with Gasteiger partial charge in [-0.1, -0.05) is 13.8 Å². The van der Waals surface area contributed by atoms with E-state index in [1.807, 2.05) is 18.7 Å². The van der Waals surface area contributed by atoms with Crippen LogP contribution in [-0.2, 0) is 11.3 Å². The third-order valence-electron chi connectivity index (χ3n) is 3.98. The van der Waals surface area contributed by atoms with Gasteiger partial charge in [0.2, 0.25) is 5.91 Å². The second-order valence-electron chi connectivity index (χ2n) is 5.53. The predicted octanol–water partition coefficient (Wildman–Crippen LogP) is 1.68. The smallest absolute Gasteiger partial charge is 0.240 e. The first-order valence-electron chi connectivity index (χ1n) is 6.65. The zero-order chi connectivity index (χ0) is 13.4. The van der Waals surface area contributed by atoms with E-state index in [4.69, 9.17) is 5.73 Å². The van der Waals surface area contributed by atoms with Gasteiger partial charge < -0.3 is 15.2 Å². The third-order valence-corrected chi connectivity index (χ3v) is 3.98. The molecule has 2 rings (SSSR count). The molecule has 4 heteroatoms. The molecule has 4 nitrogen and oxygen atoms in total. The van der Waals surface area contributed by atoms with E-state index in [0.29, 0.717) is 0 Å². The predicted molar refractivity (Wildman–Crippen MR) is 72.1 cm³/mol. The Bertz CT molecular complexity index is 450. The van der Waals surface area contributed by atoms with Crippen LogP contribution in [0.25, 0.3) is 0 Å². The van der Waals surface area contributed by atoms with Gasteiger partial charge in [-0.05, 0) is 31.9 Å². The van der Waals surface area contributed by atoms with Crippen LogP contribution in [0.5, 0.6) is 0 Å². The average molecular weight is 249 g/mol. The molecule has 1 aromatic heterocycles. The van der Waals surface area contributed by atoms with Crippen LogP contribution in [0.4, 0.5) is 0 Å². The van der Waals surface area contributed by atoms with Gasteiger partial charge in [0.15, 0.2) is 0 Å². The van der Waals surface area contributed by atoms with Gasteiger partial charge in [0.1, 0.15) is 0 Å². The van der Waals surface area contributed by atoms with Crippen LogP contribution < -0.4 is 5.73 Å². The summed E-state index contributed by atoms with van der Waals surface area (Å²) in [5.41, 5.74) is 8.45. The van der Waals surface area contributed by atoms with Gasteiger partial charge in [-0.15, -0.1) is 0 Å². The van der Waals surface area contributed by atoms with Crippen molar-refractivity contribution >= 4 is 5.91 Å². The second kappa shape index (κ2) is 4.76. The van der Waals surface area contributed by atoms with E-state index in [-0.39, 0.29) is 17.9 Å². The Labute approximate surface area is 109 Å². The van der Waals surface area contributed by atoms with Crippen molar-refractivity contribution in [3.8, 4) is 0 Å². The summed E-state index contributed by atoms with van der Waals surface area (Å²) in [6, 6.07) is 3.95. The van der Waals surface area contributed by atoms with Gasteiger partial charge >= 0.3 is 0 Å². The Morgan fingerprint density at radius 2 is 2.06 bits per heavy atom. The van der Waals surface area contributed by atoms with Gasteiger partial charge in [0.05, 0.1) is 12.1 Å². The van der Waals surface area contributed by atoms with Crippen LogP contribution in [0.2, 0.25) is 0 Å². The summed E-state index contributed by atoms with van der Waals surface area (Å²) in [7, 11) is 0. The molecule has 0 spiro atoms. The summed E-state index contributed by atoms with van der Waals surface area (Å²) in [4.78, 5) is 14.3. The van der Waals surface area contributed by atoms with Gasteiger partial charge in [-0.3, -0.25) is 4.79 Å². The van der Waals surface area contributed by atoms with Crippen molar-refractivity contribution in [2.45, 2.75) is 46.3 Å². The number of aryl methyl sites for hydroxylation is 1. The lowest BCUT2D eigenvalue weighted by Gasteiger charge is -2.37. The molecular formula is C14H23N3O. The molecule has 0 radical (unpaired) electrons. The van der Waals surface area contributed by atoms with Crippen molar-refractivity contribution in [1.29, 1.82) is 0 Å². The third kappa shape index (κ3) is 2.05. The Morgan fingerprint density at radius 1 is 1.39 bits per heavy atom. The Morgan fingerprint density at radius 3 is 2.67 bits per heavy atom. The SMILES string of the molecule is Cc1ccc2n1CCN(C(=O)C(N)C(C)C)C2C. The number of hydrogen-bond donors (Lipinski definition) is 1. The van der Waals surface area contributed by atoms with Crippen LogP contribution in [-0.4, -0.2) is 28.0 Å². The molecule has 0 fully saturated rings. The maximum atomic E-state index is 12.4. The highest BCUT2D eigenvalue weighted by Gasteiger charge is 2.31. The number of aromatic nitrogens is 1. The minimum atomic E-state index is -0.393. The summed E-state index contributed by atoms with van der Waals surface area (Å²) in [6.45, 7) is 9.79. The van der Waals surface area contributed by atoms with Crippen molar-refractivity contribution in [1.82, 2.24) is 9.47 Å². The van der Waals surface area contributed by atoms with Gasteiger partial charge in [-0.25, -0.2) is 0 Å². The van der Waals surface area contributed by atoms with E-state index in [2.05, 4.69) is 30.5 Å². The Kier molecular flexibility index (Phi) is 3.48. The number of nitrogens with zero attached hydrogens (tertiary/aromatic N) is 2. The topological polar surface area (TPSA) is 51.3 Å². The fraction of sp³-hybridized carbons (Fsp3) is 0.643. The van der Waals surface area contributed by atoms with E-state index in [1.165, 1.54) is 11.4 Å². The van der Waals surface area contributed by atoms with Crippen LogP contribution >= 0.6 is 0 Å². The fourth-order valence-electron chi connectivity index (χ4n) is 2.60. The molecule has 2 heterocycles. The lowest BCUT2D eigenvalue weighted by Crippen LogP contribution is -2.50. The average Bonchev–Trinajstić information content (AvgIpc) is 2.71. The lowest BCUT2D eigenvalue weighted by molar-refractivity contribution is -0.136. The second-order valence-corrected chi connectivity index (χ2v) is 5.53. The molecule has 2 N–H and O–H groups in total. The zero-order valence-corrected chi connectivity index (χ0v) is 11.7. The van der Waals surface area contributed by atoms with E-state index >= 15 is 0 Å². The van der Waals surface area contributed by atoms with Crippen LogP contribution in [0, 0.1) is 12.8 Å². The van der Waals surface area contributed by atoms with E-state index in [9.17, 15) is 4.79 Å². The summed E-state index contributed by atoms with van der Waals surface area (Å²) in [5.74, 6) is 0.253. The number of amides is 1. The molecular weight excluding hydrogens is 226 g/mol. The molecule has 0 saturated heterocycles. The molecule has 0 bridgehead atoms. The van der Waals surface area contributed by atoms with Crippen molar-refractivity contribution in [2.75, 3.05) is 6.54 Å². The molecule has 2 unspecified atom stereocenters. The number of hydrogen-bond acceptors (Lipinski definition) is 2.